The number of amides is 1. The Morgan fingerprint density at radius 3 is 2.61 bits per heavy atom. The minimum absolute atomic E-state index is 0.0535. The smallest absolute Gasteiger partial charge is 0.320 e. The van der Waals surface area contributed by atoms with E-state index in [1.54, 1.807) is 0 Å². The zero-order valence-electron chi connectivity index (χ0n) is 14.5. The highest BCUT2D eigenvalue weighted by Crippen LogP contribution is 2.27. The maximum absolute atomic E-state index is 11.7. The van der Waals surface area contributed by atoms with Gasteiger partial charge in [-0.25, -0.2) is 0 Å². The molecule has 0 aliphatic carbocycles. The van der Waals surface area contributed by atoms with Gasteiger partial charge in [0, 0.05) is 19.6 Å². The Labute approximate surface area is 138 Å². The number of hydrogen-bond acceptors (Lipinski definition) is 4. The Balaban J connectivity index is 3.05. The van der Waals surface area contributed by atoms with E-state index < -0.39 is 12.0 Å². The Morgan fingerprint density at radius 1 is 1.43 bits per heavy atom. The van der Waals surface area contributed by atoms with Crippen molar-refractivity contribution in [2.45, 2.75) is 71.2 Å². The van der Waals surface area contributed by atoms with E-state index in [1.807, 2.05) is 26.0 Å². The number of ether oxygens (including phenoxy) is 1. The van der Waals surface area contributed by atoms with Crippen molar-refractivity contribution < 1.29 is 19.4 Å². The van der Waals surface area contributed by atoms with Crippen molar-refractivity contribution in [3.05, 3.63) is 12.2 Å². The van der Waals surface area contributed by atoms with Crippen LogP contribution in [0, 0.1) is 5.92 Å². The minimum Gasteiger partial charge on any atom is -0.480 e. The zero-order chi connectivity index (χ0) is 17.4. The summed E-state index contributed by atoms with van der Waals surface area (Å²) >= 11 is 0. The molecular weight excluding hydrogens is 296 g/mol. The van der Waals surface area contributed by atoms with Gasteiger partial charge in [0.15, 0.2) is 0 Å². The second kappa shape index (κ2) is 9.67. The van der Waals surface area contributed by atoms with Crippen molar-refractivity contribution in [2.75, 3.05) is 6.61 Å². The van der Waals surface area contributed by atoms with Crippen LogP contribution in [-0.2, 0) is 14.3 Å². The highest BCUT2D eigenvalue weighted by atomic mass is 16.5. The van der Waals surface area contributed by atoms with Gasteiger partial charge in [-0.1, -0.05) is 25.5 Å². The molecule has 6 heteroatoms. The SMILES string of the molecule is C/C=C/C1CC(C(=O)O)NC1C(NC(C)=O)C(CCC)OCC. The van der Waals surface area contributed by atoms with Crippen LogP contribution in [-0.4, -0.2) is 47.8 Å². The van der Waals surface area contributed by atoms with Crippen molar-refractivity contribution in [2.24, 2.45) is 5.92 Å². The highest BCUT2D eigenvalue weighted by Gasteiger charge is 2.43. The van der Waals surface area contributed by atoms with E-state index in [1.165, 1.54) is 6.92 Å². The van der Waals surface area contributed by atoms with Gasteiger partial charge in [-0.05, 0) is 32.6 Å². The molecule has 1 aliphatic heterocycles. The molecule has 5 atom stereocenters. The average molecular weight is 326 g/mol. The fourth-order valence-corrected chi connectivity index (χ4v) is 3.34. The molecule has 23 heavy (non-hydrogen) atoms. The van der Waals surface area contributed by atoms with Gasteiger partial charge in [-0.2, -0.15) is 0 Å². The molecule has 1 heterocycles. The largest absolute Gasteiger partial charge is 0.480 e. The molecule has 0 spiro atoms. The first-order valence-corrected chi connectivity index (χ1v) is 8.44. The molecule has 0 aromatic rings. The number of carboxylic acid groups (broad SMARTS) is 1. The summed E-state index contributed by atoms with van der Waals surface area (Å²) < 4.78 is 5.85. The molecule has 1 amide bonds. The second-order valence-corrected chi connectivity index (χ2v) is 6.02. The third-order valence-electron chi connectivity index (χ3n) is 4.21. The van der Waals surface area contributed by atoms with E-state index in [0.29, 0.717) is 13.0 Å². The van der Waals surface area contributed by atoms with E-state index in [0.717, 1.165) is 12.8 Å². The van der Waals surface area contributed by atoms with Gasteiger partial charge in [0.2, 0.25) is 5.91 Å². The van der Waals surface area contributed by atoms with Crippen LogP contribution in [0.3, 0.4) is 0 Å². The molecule has 0 radical (unpaired) electrons. The quantitative estimate of drug-likeness (QED) is 0.561. The van der Waals surface area contributed by atoms with Crippen LogP contribution in [0.25, 0.3) is 0 Å². The summed E-state index contributed by atoms with van der Waals surface area (Å²) in [6.07, 6.45) is 6.09. The first kappa shape index (κ1) is 19.6. The lowest BCUT2D eigenvalue weighted by Gasteiger charge is -2.34. The Kier molecular flexibility index (Phi) is 8.26. The number of rotatable bonds is 9. The summed E-state index contributed by atoms with van der Waals surface area (Å²) in [7, 11) is 0. The second-order valence-electron chi connectivity index (χ2n) is 6.02. The van der Waals surface area contributed by atoms with E-state index in [-0.39, 0.29) is 30.0 Å². The molecule has 1 rings (SSSR count). The molecule has 6 nitrogen and oxygen atoms in total. The average Bonchev–Trinajstić information content (AvgIpc) is 2.89. The van der Waals surface area contributed by atoms with Crippen LogP contribution >= 0.6 is 0 Å². The summed E-state index contributed by atoms with van der Waals surface area (Å²) in [4.78, 5) is 23.0. The normalized spacial score (nSPS) is 27.0. The van der Waals surface area contributed by atoms with Crippen LogP contribution in [0.1, 0.15) is 47.0 Å². The van der Waals surface area contributed by atoms with Gasteiger partial charge in [0.1, 0.15) is 6.04 Å². The summed E-state index contributed by atoms with van der Waals surface area (Å²) in [6, 6.07) is -1.00. The molecule has 0 aromatic heterocycles. The van der Waals surface area contributed by atoms with Crippen LogP contribution in [0.4, 0.5) is 0 Å². The topological polar surface area (TPSA) is 87.7 Å². The van der Waals surface area contributed by atoms with Gasteiger partial charge in [-0.15, -0.1) is 0 Å². The number of carbonyl (C=O) groups excluding carboxylic acids is 1. The molecule has 132 valence electrons. The van der Waals surface area contributed by atoms with Crippen LogP contribution in [0.2, 0.25) is 0 Å². The first-order valence-electron chi connectivity index (χ1n) is 8.44. The number of hydrogen-bond donors (Lipinski definition) is 3. The summed E-state index contributed by atoms with van der Waals surface area (Å²) in [6.45, 7) is 7.96. The number of aliphatic carboxylic acids is 1. The molecule has 5 unspecified atom stereocenters. The molecule has 3 N–H and O–H groups in total. The Morgan fingerprint density at radius 2 is 2.13 bits per heavy atom. The molecule has 0 bridgehead atoms. The number of carboxylic acids is 1. The molecule has 0 saturated carbocycles. The van der Waals surface area contributed by atoms with Gasteiger partial charge >= 0.3 is 5.97 Å². The number of allylic oxidation sites excluding steroid dienone is 1. The third kappa shape index (κ3) is 5.62. The summed E-state index contributed by atoms with van der Waals surface area (Å²) in [5, 5.41) is 15.5. The fraction of sp³-hybridized carbons (Fsp3) is 0.765. The fourth-order valence-electron chi connectivity index (χ4n) is 3.34. The first-order chi connectivity index (χ1) is 10.9. The number of nitrogens with one attached hydrogen (secondary N) is 2. The van der Waals surface area contributed by atoms with Crippen molar-refractivity contribution >= 4 is 11.9 Å². The predicted octanol–water partition coefficient (Wildman–Crippen LogP) is 1.70. The molecule has 1 aliphatic rings. The van der Waals surface area contributed by atoms with Gasteiger partial charge < -0.3 is 15.2 Å². The van der Waals surface area contributed by atoms with E-state index in [2.05, 4.69) is 17.6 Å². The highest BCUT2D eigenvalue weighted by molar-refractivity contribution is 5.75. The minimum atomic E-state index is -0.855. The zero-order valence-corrected chi connectivity index (χ0v) is 14.5. The lowest BCUT2D eigenvalue weighted by atomic mass is 9.88. The molecule has 0 aromatic carbocycles. The lowest BCUT2D eigenvalue weighted by Crippen LogP contribution is -2.57. The van der Waals surface area contributed by atoms with Crippen molar-refractivity contribution in [3.8, 4) is 0 Å². The Bertz CT molecular complexity index is 419. The monoisotopic (exact) mass is 326 g/mol. The summed E-state index contributed by atoms with van der Waals surface area (Å²) in [5.74, 6) is -0.930. The van der Waals surface area contributed by atoms with Gasteiger partial charge in [0.25, 0.3) is 0 Å². The van der Waals surface area contributed by atoms with Gasteiger partial charge in [-0.3, -0.25) is 14.9 Å². The standard InChI is InChI=1S/C17H30N2O4/c1-5-8-12-10-13(17(21)22)19-15(12)16(18-11(4)20)14(9-6-2)23-7-3/h5,8,12-16,19H,6-7,9-10H2,1-4H3,(H,18,20)(H,21,22)/b8-5+. The molecule has 1 saturated heterocycles. The van der Waals surface area contributed by atoms with E-state index in [4.69, 9.17) is 4.74 Å². The van der Waals surface area contributed by atoms with Crippen molar-refractivity contribution in [1.82, 2.24) is 10.6 Å². The Hall–Kier alpha value is -1.40. The van der Waals surface area contributed by atoms with Crippen LogP contribution in [0.15, 0.2) is 12.2 Å². The molecular formula is C17H30N2O4. The third-order valence-corrected chi connectivity index (χ3v) is 4.21. The van der Waals surface area contributed by atoms with Gasteiger partial charge in [0.05, 0.1) is 12.1 Å². The lowest BCUT2D eigenvalue weighted by molar-refractivity contribution is -0.139. The summed E-state index contributed by atoms with van der Waals surface area (Å²) in [5.41, 5.74) is 0. The maximum atomic E-state index is 11.7. The van der Waals surface area contributed by atoms with Crippen LogP contribution in [0.5, 0.6) is 0 Å². The van der Waals surface area contributed by atoms with E-state index >= 15 is 0 Å². The maximum Gasteiger partial charge on any atom is 0.320 e. The van der Waals surface area contributed by atoms with Crippen molar-refractivity contribution in [1.29, 1.82) is 0 Å². The molecule has 1 fully saturated rings. The van der Waals surface area contributed by atoms with E-state index in [9.17, 15) is 14.7 Å². The predicted molar refractivity (Wildman–Crippen MR) is 89.2 cm³/mol. The van der Waals surface area contributed by atoms with Crippen LogP contribution < -0.4 is 10.6 Å². The number of carbonyl (C=O) groups is 2. The van der Waals surface area contributed by atoms with Crippen molar-refractivity contribution in [3.63, 3.8) is 0 Å².